The van der Waals surface area contributed by atoms with E-state index >= 15 is 0 Å². The predicted molar refractivity (Wildman–Crippen MR) is 106 cm³/mol. The van der Waals surface area contributed by atoms with Crippen molar-refractivity contribution in [1.82, 2.24) is 9.88 Å². The average molecular weight is 395 g/mol. The molecule has 2 heterocycles. The molecule has 0 bridgehead atoms. The molecule has 1 aromatic heterocycles. The zero-order valence-electron chi connectivity index (χ0n) is 16.0. The number of pyridine rings is 1. The molecule has 29 heavy (non-hydrogen) atoms. The molecule has 1 aromatic carbocycles. The van der Waals surface area contributed by atoms with Crippen molar-refractivity contribution in [2.75, 3.05) is 52.3 Å². The molecule has 150 valence electrons. The van der Waals surface area contributed by atoms with Gasteiger partial charge in [-0.15, -0.1) is 0 Å². The Morgan fingerprint density at radius 1 is 1.21 bits per heavy atom. The third-order valence-corrected chi connectivity index (χ3v) is 4.69. The number of H-pyrrole nitrogens is 1. The molecule has 0 atom stereocenters. The largest absolute Gasteiger partial charge is 0.493 e. The van der Waals surface area contributed by atoms with Crippen LogP contribution in [-0.4, -0.2) is 56.4 Å². The molecule has 2 aromatic rings. The third-order valence-electron chi connectivity index (χ3n) is 4.69. The highest BCUT2D eigenvalue weighted by Gasteiger charge is 2.20. The molecule has 1 saturated heterocycles. The van der Waals surface area contributed by atoms with Gasteiger partial charge < -0.3 is 24.9 Å². The molecule has 0 saturated carbocycles. The average Bonchev–Trinajstić information content (AvgIpc) is 2.74. The van der Waals surface area contributed by atoms with Gasteiger partial charge in [-0.05, 0) is 17.7 Å². The molecule has 0 spiro atoms. The normalized spacial score (nSPS) is 14.0. The lowest BCUT2D eigenvalue weighted by molar-refractivity contribution is 0.0321. The maximum Gasteiger partial charge on any atom is 0.268 e. The van der Waals surface area contributed by atoms with Gasteiger partial charge in [0.1, 0.15) is 35.7 Å². The Labute approximate surface area is 167 Å². The maximum atomic E-state index is 12.1. The minimum atomic E-state index is -0.649. The van der Waals surface area contributed by atoms with Crippen LogP contribution in [0.5, 0.6) is 11.5 Å². The van der Waals surface area contributed by atoms with Crippen molar-refractivity contribution in [1.29, 1.82) is 10.5 Å². The first kappa shape index (κ1) is 20.2. The number of hydrogen-bond donors (Lipinski definition) is 2. The van der Waals surface area contributed by atoms with Crippen molar-refractivity contribution in [3.05, 3.63) is 39.7 Å². The van der Waals surface area contributed by atoms with Crippen LogP contribution in [0.1, 0.15) is 11.1 Å². The number of nitrogens with one attached hydrogen (secondary N) is 1. The van der Waals surface area contributed by atoms with Gasteiger partial charge in [0, 0.05) is 25.2 Å². The summed E-state index contributed by atoms with van der Waals surface area (Å²) in [6, 6.07) is 8.79. The monoisotopic (exact) mass is 395 g/mol. The first-order chi connectivity index (χ1) is 14.1. The van der Waals surface area contributed by atoms with E-state index in [0.717, 1.165) is 19.6 Å². The van der Waals surface area contributed by atoms with Crippen LogP contribution >= 0.6 is 0 Å². The van der Waals surface area contributed by atoms with Gasteiger partial charge in [-0.1, -0.05) is 6.07 Å². The van der Waals surface area contributed by atoms with E-state index in [-0.39, 0.29) is 22.5 Å². The van der Waals surface area contributed by atoms with Crippen molar-refractivity contribution in [2.45, 2.75) is 0 Å². The smallest absolute Gasteiger partial charge is 0.268 e. The van der Waals surface area contributed by atoms with Crippen molar-refractivity contribution in [2.24, 2.45) is 0 Å². The number of hydrogen-bond acceptors (Lipinski definition) is 8. The molecule has 0 radical (unpaired) electrons. The number of aromatic nitrogens is 1. The summed E-state index contributed by atoms with van der Waals surface area (Å²) in [5.74, 6) is 0.868. The maximum absolute atomic E-state index is 12.1. The molecule has 1 aliphatic heterocycles. The number of nitrogen functional groups attached to an aromatic ring is 1. The van der Waals surface area contributed by atoms with Crippen molar-refractivity contribution in [3.8, 4) is 34.8 Å². The number of anilines is 1. The van der Waals surface area contributed by atoms with Crippen LogP contribution in [-0.2, 0) is 4.74 Å². The number of benzene rings is 1. The highest BCUT2D eigenvalue weighted by Crippen LogP contribution is 2.35. The van der Waals surface area contributed by atoms with Crippen LogP contribution in [0.3, 0.4) is 0 Å². The summed E-state index contributed by atoms with van der Waals surface area (Å²) in [6.45, 7) is 4.26. The van der Waals surface area contributed by atoms with Crippen LogP contribution in [0.15, 0.2) is 23.0 Å². The second-order valence-electron chi connectivity index (χ2n) is 6.38. The lowest BCUT2D eigenvalue weighted by Crippen LogP contribution is -2.38. The summed E-state index contributed by atoms with van der Waals surface area (Å²) >= 11 is 0. The number of morpholine rings is 1. The van der Waals surface area contributed by atoms with Crippen LogP contribution < -0.4 is 20.8 Å². The minimum Gasteiger partial charge on any atom is -0.493 e. The Hall–Kier alpha value is -3.53. The van der Waals surface area contributed by atoms with Gasteiger partial charge in [0.05, 0.1) is 20.3 Å². The number of aromatic amines is 1. The first-order valence-electron chi connectivity index (χ1n) is 9.06. The SMILES string of the molecule is COc1ccc(-c2c(C#N)c(N)[nH]c(=O)c2C#N)cc1OCCN1CCOCC1. The van der Waals surface area contributed by atoms with Crippen LogP contribution in [0.2, 0.25) is 0 Å². The molecular formula is C20H21N5O4. The lowest BCUT2D eigenvalue weighted by atomic mass is 9.96. The summed E-state index contributed by atoms with van der Waals surface area (Å²) in [5, 5.41) is 18.9. The van der Waals surface area contributed by atoms with E-state index in [0.29, 0.717) is 36.9 Å². The summed E-state index contributed by atoms with van der Waals surface area (Å²) in [7, 11) is 1.52. The Bertz CT molecular complexity index is 1030. The highest BCUT2D eigenvalue weighted by molar-refractivity contribution is 5.81. The summed E-state index contributed by atoms with van der Waals surface area (Å²) in [6.07, 6.45) is 0. The van der Waals surface area contributed by atoms with Crippen LogP contribution in [0, 0.1) is 22.7 Å². The van der Waals surface area contributed by atoms with Crippen molar-refractivity contribution < 1.29 is 14.2 Å². The predicted octanol–water partition coefficient (Wildman–Crippen LogP) is 1.09. The summed E-state index contributed by atoms with van der Waals surface area (Å²) in [5.41, 5.74) is 5.64. The molecular weight excluding hydrogens is 374 g/mol. The van der Waals surface area contributed by atoms with Gasteiger partial charge in [-0.2, -0.15) is 10.5 Å². The lowest BCUT2D eigenvalue weighted by Gasteiger charge is -2.26. The van der Waals surface area contributed by atoms with E-state index in [4.69, 9.17) is 19.9 Å². The summed E-state index contributed by atoms with van der Waals surface area (Å²) < 4.78 is 16.6. The number of nitriles is 2. The van der Waals surface area contributed by atoms with E-state index in [9.17, 15) is 15.3 Å². The van der Waals surface area contributed by atoms with E-state index in [1.165, 1.54) is 7.11 Å². The Morgan fingerprint density at radius 3 is 2.59 bits per heavy atom. The van der Waals surface area contributed by atoms with Gasteiger partial charge >= 0.3 is 0 Å². The van der Waals surface area contributed by atoms with Crippen LogP contribution in [0.4, 0.5) is 5.82 Å². The van der Waals surface area contributed by atoms with E-state index in [2.05, 4.69) is 9.88 Å². The molecule has 0 aliphatic carbocycles. The van der Waals surface area contributed by atoms with Crippen molar-refractivity contribution in [3.63, 3.8) is 0 Å². The summed E-state index contributed by atoms with van der Waals surface area (Å²) in [4.78, 5) is 16.7. The molecule has 3 N–H and O–H groups in total. The number of nitrogens with two attached hydrogens (primary N) is 1. The zero-order valence-corrected chi connectivity index (χ0v) is 16.0. The van der Waals surface area contributed by atoms with Gasteiger partial charge in [0.15, 0.2) is 11.5 Å². The molecule has 3 rings (SSSR count). The van der Waals surface area contributed by atoms with E-state index < -0.39 is 5.56 Å². The van der Waals surface area contributed by atoms with Gasteiger partial charge in [0.2, 0.25) is 0 Å². The number of methoxy groups -OCH3 is 1. The van der Waals surface area contributed by atoms with Crippen LogP contribution in [0.25, 0.3) is 11.1 Å². The van der Waals surface area contributed by atoms with Gasteiger partial charge in [-0.25, -0.2) is 0 Å². The number of ether oxygens (including phenoxy) is 3. The number of nitrogens with zero attached hydrogens (tertiary/aromatic N) is 3. The second-order valence-corrected chi connectivity index (χ2v) is 6.38. The van der Waals surface area contributed by atoms with Crippen molar-refractivity contribution >= 4 is 5.82 Å². The number of rotatable bonds is 6. The zero-order chi connectivity index (χ0) is 20.8. The molecule has 1 aliphatic rings. The highest BCUT2D eigenvalue weighted by atomic mass is 16.5. The first-order valence-corrected chi connectivity index (χ1v) is 9.06. The second kappa shape index (κ2) is 9.11. The Kier molecular flexibility index (Phi) is 6.35. The van der Waals surface area contributed by atoms with Gasteiger partial charge in [-0.3, -0.25) is 9.69 Å². The quantitative estimate of drug-likeness (QED) is 0.741. The standard InChI is InChI=1S/C20H21N5O4/c1-27-16-3-2-13(10-17(16)29-9-6-25-4-7-28-8-5-25)18-14(11-21)19(23)24-20(26)15(18)12-22/h2-3,10H,4-9H2,1H3,(H3,23,24,26). The molecule has 0 amide bonds. The fraction of sp³-hybridized carbons (Fsp3) is 0.350. The Balaban J connectivity index is 1.94. The topological polar surface area (TPSA) is 137 Å². The molecule has 0 unspecified atom stereocenters. The fourth-order valence-corrected chi connectivity index (χ4v) is 3.19. The minimum absolute atomic E-state index is 0.0329. The fourth-order valence-electron chi connectivity index (χ4n) is 3.19. The molecule has 9 nitrogen and oxygen atoms in total. The molecule has 9 heteroatoms. The Morgan fingerprint density at radius 2 is 1.93 bits per heavy atom. The van der Waals surface area contributed by atoms with E-state index in [1.807, 2.05) is 12.1 Å². The third kappa shape index (κ3) is 4.32. The molecule has 1 fully saturated rings. The van der Waals surface area contributed by atoms with E-state index in [1.54, 1.807) is 18.2 Å². The van der Waals surface area contributed by atoms with Gasteiger partial charge in [0.25, 0.3) is 5.56 Å².